The smallest absolute Gasteiger partial charge is 0.327 e. The number of aryl methyl sites for hydroxylation is 2. The van der Waals surface area contributed by atoms with E-state index in [0.717, 1.165) is 18.4 Å². The van der Waals surface area contributed by atoms with Crippen LogP contribution in [0.4, 0.5) is 0 Å². The van der Waals surface area contributed by atoms with Crippen LogP contribution in [0.15, 0.2) is 47.4 Å². The van der Waals surface area contributed by atoms with Gasteiger partial charge in [0.05, 0.1) is 12.6 Å². The minimum absolute atomic E-state index is 0.0637. The number of nitrogens with zero attached hydrogens (tertiary/aromatic N) is 6. The highest BCUT2D eigenvalue weighted by Gasteiger charge is 2.35. The monoisotopic (exact) mass is 380 g/mol. The first-order chi connectivity index (χ1) is 13.6. The van der Waals surface area contributed by atoms with Gasteiger partial charge in [0.2, 0.25) is 0 Å². The molecule has 0 bridgehead atoms. The number of benzene rings is 1. The standard InChI is InChI=1S/C20H24N6O2/c1-3-26-17(11-12-21-26)19(27)24-13-7-10-16(24)18-22-23(2)20(28)25(18)14-15-8-5-4-6-9-15/h4-6,8-9,11-12,16H,3,7,10,13-14H2,1-2H3. The Kier molecular flexibility index (Phi) is 4.85. The van der Waals surface area contributed by atoms with Gasteiger partial charge in [0, 0.05) is 26.3 Å². The van der Waals surface area contributed by atoms with Crippen LogP contribution in [0.5, 0.6) is 0 Å². The van der Waals surface area contributed by atoms with Crippen molar-refractivity contribution >= 4 is 5.91 Å². The zero-order valence-corrected chi connectivity index (χ0v) is 16.2. The molecule has 4 rings (SSSR count). The third kappa shape index (κ3) is 3.15. The van der Waals surface area contributed by atoms with Crippen molar-refractivity contribution in [2.45, 2.75) is 38.9 Å². The lowest BCUT2D eigenvalue weighted by Gasteiger charge is -2.24. The van der Waals surface area contributed by atoms with Gasteiger partial charge in [-0.1, -0.05) is 30.3 Å². The predicted molar refractivity (Wildman–Crippen MR) is 104 cm³/mol. The Morgan fingerprint density at radius 2 is 2.00 bits per heavy atom. The number of carbonyl (C=O) groups is 1. The van der Waals surface area contributed by atoms with Crippen LogP contribution in [0, 0.1) is 0 Å². The maximum absolute atomic E-state index is 13.2. The fourth-order valence-electron chi connectivity index (χ4n) is 3.88. The number of carbonyl (C=O) groups excluding carboxylic acids is 1. The summed E-state index contributed by atoms with van der Waals surface area (Å²) in [6, 6.07) is 11.4. The largest absolute Gasteiger partial charge is 0.346 e. The first-order valence-electron chi connectivity index (χ1n) is 9.60. The van der Waals surface area contributed by atoms with E-state index in [9.17, 15) is 9.59 Å². The lowest BCUT2D eigenvalue weighted by molar-refractivity contribution is 0.0714. The molecule has 1 saturated heterocycles. The fourth-order valence-corrected chi connectivity index (χ4v) is 3.88. The second-order valence-electron chi connectivity index (χ2n) is 7.02. The molecule has 0 saturated carbocycles. The molecule has 0 aliphatic carbocycles. The van der Waals surface area contributed by atoms with Crippen LogP contribution < -0.4 is 5.69 Å². The number of amides is 1. The lowest BCUT2D eigenvalue weighted by Crippen LogP contribution is -2.34. The van der Waals surface area contributed by atoms with Gasteiger partial charge in [0.15, 0.2) is 5.82 Å². The van der Waals surface area contributed by atoms with Crippen molar-refractivity contribution in [3.8, 4) is 0 Å². The molecule has 0 radical (unpaired) electrons. The Morgan fingerprint density at radius 1 is 1.21 bits per heavy atom. The van der Waals surface area contributed by atoms with Crippen LogP contribution >= 0.6 is 0 Å². The van der Waals surface area contributed by atoms with Crippen molar-refractivity contribution in [3.05, 3.63) is 70.2 Å². The van der Waals surface area contributed by atoms with Gasteiger partial charge in [-0.3, -0.25) is 14.0 Å². The molecule has 1 atom stereocenters. The van der Waals surface area contributed by atoms with Crippen LogP contribution in [0.25, 0.3) is 0 Å². The zero-order chi connectivity index (χ0) is 19.7. The van der Waals surface area contributed by atoms with Crippen LogP contribution in [0.3, 0.4) is 0 Å². The van der Waals surface area contributed by atoms with Crippen molar-refractivity contribution < 1.29 is 4.79 Å². The van der Waals surface area contributed by atoms with Gasteiger partial charge in [0.25, 0.3) is 5.91 Å². The number of likely N-dealkylation sites (tertiary alicyclic amines) is 1. The first kappa shape index (κ1) is 18.2. The Morgan fingerprint density at radius 3 is 2.75 bits per heavy atom. The average molecular weight is 380 g/mol. The molecule has 0 N–H and O–H groups in total. The molecule has 1 aliphatic heterocycles. The maximum atomic E-state index is 13.2. The van der Waals surface area contributed by atoms with E-state index in [4.69, 9.17) is 0 Å². The maximum Gasteiger partial charge on any atom is 0.346 e. The van der Waals surface area contributed by atoms with Gasteiger partial charge in [0.1, 0.15) is 5.69 Å². The highest BCUT2D eigenvalue weighted by atomic mass is 16.2. The minimum atomic E-state index is -0.217. The predicted octanol–water partition coefficient (Wildman–Crippen LogP) is 1.82. The summed E-state index contributed by atoms with van der Waals surface area (Å²) in [5.41, 5.74) is 1.43. The Labute approximate surface area is 163 Å². The fraction of sp³-hybridized carbons (Fsp3) is 0.400. The van der Waals surface area contributed by atoms with E-state index in [1.54, 1.807) is 28.6 Å². The molecule has 8 nitrogen and oxygen atoms in total. The normalized spacial score (nSPS) is 16.6. The van der Waals surface area contributed by atoms with Crippen molar-refractivity contribution in [1.82, 2.24) is 29.0 Å². The molecule has 8 heteroatoms. The van der Waals surface area contributed by atoms with E-state index in [-0.39, 0.29) is 17.6 Å². The van der Waals surface area contributed by atoms with E-state index in [1.807, 2.05) is 42.2 Å². The van der Waals surface area contributed by atoms with Crippen LogP contribution in [0.1, 0.15) is 47.7 Å². The van der Waals surface area contributed by atoms with E-state index in [1.165, 1.54) is 4.68 Å². The third-order valence-corrected chi connectivity index (χ3v) is 5.27. The summed E-state index contributed by atoms with van der Waals surface area (Å²) in [5.74, 6) is 0.580. The summed E-state index contributed by atoms with van der Waals surface area (Å²) in [6.07, 6.45) is 3.32. The van der Waals surface area contributed by atoms with Crippen molar-refractivity contribution in [1.29, 1.82) is 0 Å². The molecule has 2 aromatic heterocycles. The molecule has 1 fully saturated rings. The molecule has 1 amide bonds. The summed E-state index contributed by atoms with van der Waals surface area (Å²) >= 11 is 0. The molecule has 1 aliphatic rings. The van der Waals surface area contributed by atoms with Gasteiger partial charge >= 0.3 is 5.69 Å². The third-order valence-electron chi connectivity index (χ3n) is 5.27. The average Bonchev–Trinajstić information content (AvgIpc) is 3.44. The van der Waals surface area contributed by atoms with E-state index >= 15 is 0 Å². The summed E-state index contributed by atoms with van der Waals surface area (Å²) in [7, 11) is 1.65. The van der Waals surface area contributed by atoms with Crippen molar-refractivity contribution in [2.24, 2.45) is 7.05 Å². The molecule has 28 heavy (non-hydrogen) atoms. The highest BCUT2D eigenvalue weighted by molar-refractivity contribution is 5.93. The van der Waals surface area contributed by atoms with Crippen LogP contribution in [0.2, 0.25) is 0 Å². The second kappa shape index (κ2) is 7.46. The van der Waals surface area contributed by atoms with Crippen LogP contribution in [-0.4, -0.2) is 41.5 Å². The topological polar surface area (TPSA) is 78.0 Å². The van der Waals surface area contributed by atoms with Gasteiger partial charge in [-0.05, 0) is 31.4 Å². The molecule has 146 valence electrons. The number of rotatable bonds is 5. The Balaban J connectivity index is 1.69. The van der Waals surface area contributed by atoms with Gasteiger partial charge in [-0.25, -0.2) is 9.48 Å². The Hall–Kier alpha value is -3.16. The van der Waals surface area contributed by atoms with Crippen LogP contribution in [-0.2, 0) is 20.1 Å². The van der Waals surface area contributed by atoms with E-state index in [0.29, 0.717) is 31.2 Å². The molecule has 0 spiro atoms. The van der Waals surface area contributed by atoms with Crippen molar-refractivity contribution in [2.75, 3.05) is 6.54 Å². The molecular formula is C20H24N6O2. The quantitative estimate of drug-likeness (QED) is 0.676. The minimum Gasteiger partial charge on any atom is -0.327 e. The Bertz CT molecular complexity index is 1030. The summed E-state index contributed by atoms with van der Waals surface area (Å²) in [4.78, 5) is 27.7. The van der Waals surface area contributed by atoms with E-state index in [2.05, 4.69) is 10.2 Å². The number of aromatic nitrogens is 5. The van der Waals surface area contributed by atoms with E-state index < -0.39 is 0 Å². The first-order valence-corrected chi connectivity index (χ1v) is 9.60. The highest BCUT2D eigenvalue weighted by Crippen LogP contribution is 2.32. The molecule has 3 heterocycles. The molecule has 1 aromatic carbocycles. The van der Waals surface area contributed by atoms with Gasteiger partial charge < -0.3 is 4.90 Å². The van der Waals surface area contributed by atoms with Gasteiger partial charge in [-0.2, -0.15) is 10.2 Å². The summed E-state index contributed by atoms with van der Waals surface area (Å²) < 4.78 is 4.74. The summed E-state index contributed by atoms with van der Waals surface area (Å²) in [6.45, 7) is 3.68. The molecule has 1 unspecified atom stereocenters. The zero-order valence-electron chi connectivity index (χ0n) is 16.2. The summed E-state index contributed by atoms with van der Waals surface area (Å²) in [5, 5.41) is 8.71. The molecule has 3 aromatic rings. The SMILES string of the molecule is CCn1nccc1C(=O)N1CCCC1c1nn(C)c(=O)n1Cc1ccccc1. The number of hydrogen-bond acceptors (Lipinski definition) is 4. The number of hydrogen-bond donors (Lipinski definition) is 0. The second-order valence-corrected chi connectivity index (χ2v) is 7.02. The van der Waals surface area contributed by atoms with Crippen molar-refractivity contribution in [3.63, 3.8) is 0 Å². The lowest BCUT2D eigenvalue weighted by atomic mass is 10.2. The molecular weight excluding hydrogens is 356 g/mol. The van der Waals surface area contributed by atoms with Gasteiger partial charge in [-0.15, -0.1) is 0 Å².